The zero-order valence-electron chi connectivity index (χ0n) is 13.9. The molecule has 0 aliphatic rings. The molecule has 4 N–H and O–H groups in total. The zero-order chi connectivity index (χ0) is 18.1. The van der Waals surface area contributed by atoms with Crippen molar-refractivity contribution >= 4 is 23.3 Å². The zero-order valence-corrected chi connectivity index (χ0v) is 13.9. The van der Waals surface area contributed by atoms with Crippen molar-refractivity contribution in [2.24, 2.45) is 10.9 Å². The Bertz CT molecular complexity index is 760. The summed E-state index contributed by atoms with van der Waals surface area (Å²) in [6.07, 6.45) is -0.0408. The number of carbonyl (C=O) groups is 2. The largest absolute Gasteiger partial charge is 0.369 e. The quantitative estimate of drug-likeness (QED) is 0.532. The highest BCUT2D eigenvalue weighted by atomic mass is 16.6. The molecular formula is C18H20N4O3. The maximum Gasteiger partial charge on any atom is 0.319 e. The summed E-state index contributed by atoms with van der Waals surface area (Å²) < 4.78 is 0. The van der Waals surface area contributed by atoms with Gasteiger partial charge in [-0.25, -0.2) is 4.79 Å². The van der Waals surface area contributed by atoms with Gasteiger partial charge in [-0.1, -0.05) is 41.6 Å². The molecule has 3 amide bonds. The normalized spacial score (nSPS) is 10.8. The van der Waals surface area contributed by atoms with Gasteiger partial charge in [0.2, 0.25) is 5.91 Å². The molecule has 7 nitrogen and oxygen atoms in total. The summed E-state index contributed by atoms with van der Waals surface area (Å²) in [6.45, 7) is 2.36. The lowest BCUT2D eigenvalue weighted by Crippen LogP contribution is -2.28. The predicted molar refractivity (Wildman–Crippen MR) is 96.6 cm³/mol. The van der Waals surface area contributed by atoms with Crippen LogP contribution in [0.5, 0.6) is 5.75 Å². The highest BCUT2D eigenvalue weighted by molar-refractivity contribution is 6.09. The van der Waals surface area contributed by atoms with E-state index in [1.807, 2.05) is 37.3 Å². The molecule has 0 spiro atoms. The molecule has 0 radical (unpaired) electrons. The van der Waals surface area contributed by atoms with Gasteiger partial charge in [-0.15, -0.1) is 0 Å². The first-order valence-corrected chi connectivity index (χ1v) is 7.81. The molecule has 2 aromatic rings. The number of anilines is 1. The predicted octanol–water partition coefficient (Wildman–Crippen LogP) is 2.49. The molecule has 0 fully saturated rings. The maximum absolute atomic E-state index is 11.6. The van der Waals surface area contributed by atoms with E-state index in [1.165, 1.54) is 0 Å². The third kappa shape index (κ3) is 5.98. The molecule has 2 rings (SSSR count). The van der Waals surface area contributed by atoms with E-state index in [4.69, 9.17) is 10.6 Å². The van der Waals surface area contributed by atoms with E-state index in [9.17, 15) is 9.59 Å². The van der Waals surface area contributed by atoms with Crippen LogP contribution in [0.4, 0.5) is 10.5 Å². The summed E-state index contributed by atoms with van der Waals surface area (Å²) in [6, 6.07) is 15.6. The van der Waals surface area contributed by atoms with Gasteiger partial charge in [-0.05, 0) is 24.6 Å². The van der Waals surface area contributed by atoms with Crippen LogP contribution in [-0.4, -0.2) is 24.2 Å². The average molecular weight is 340 g/mol. The van der Waals surface area contributed by atoms with E-state index in [-0.39, 0.29) is 12.5 Å². The molecule has 0 atom stereocenters. The number of amides is 3. The molecule has 2 aromatic carbocycles. The van der Waals surface area contributed by atoms with E-state index in [2.05, 4.69) is 15.8 Å². The van der Waals surface area contributed by atoms with Gasteiger partial charge in [0, 0.05) is 18.3 Å². The molecule has 0 unspecified atom stereocenters. The Morgan fingerprint density at radius 3 is 2.56 bits per heavy atom. The fraction of sp³-hybridized carbons (Fsp3) is 0.167. The minimum atomic E-state index is -0.502. The number of carbonyl (C=O) groups excluding carboxylic acids is 2. The molecule has 25 heavy (non-hydrogen) atoms. The minimum Gasteiger partial charge on any atom is -0.369 e. The number of oxime groups is 1. The monoisotopic (exact) mass is 340 g/mol. The average Bonchev–Trinajstić information content (AvgIpc) is 2.59. The van der Waals surface area contributed by atoms with Crippen LogP contribution in [-0.2, 0) is 4.79 Å². The lowest BCUT2D eigenvalue weighted by atomic mass is 10.1. The van der Waals surface area contributed by atoms with Crippen molar-refractivity contribution in [2.45, 2.75) is 13.3 Å². The van der Waals surface area contributed by atoms with Crippen molar-refractivity contribution in [3.8, 4) is 5.75 Å². The third-order valence-corrected chi connectivity index (χ3v) is 3.14. The van der Waals surface area contributed by atoms with Gasteiger partial charge < -0.3 is 21.2 Å². The summed E-state index contributed by atoms with van der Waals surface area (Å²) >= 11 is 0. The van der Waals surface area contributed by atoms with Crippen molar-refractivity contribution in [3.05, 3.63) is 60.2 Å². The Morgan fingerprint density at radius 1 is 1.12 bits per heavy atom. The summed E-state index contributed by atoms with van der Waals surface area (Å²) in [7, 11) is 0. The van der Waals surface area contributed by atoms with Crippen LogP contribution in [0.15, 0.2) is 59.8 Å². The number of hydrogen-bond acceptors (Lipinski definition) is 4. The summed E-state index contributed by atoms with van der Waals surface area (Å²) in [5.41, 5.74) is 7.02. The summed E-state index contributed by atoms with van der Waals surface area (Å²) in [5, 5.41) is 9.37. The van der Waals surface area contributed by atoms with Gasteiger partial charge in [-0.2, -0.15) is 0 Å². The second kappa shape index (κ2) is 9.07. The second-order valence-corrected chi connectivity index (χ2v) is 5.15. The Kier molecular flexibility index (Phi) is 6.53. The van der Waals surface area contributed by atoms with Crippen LogP contribution in [0, 0.1) is 0 Å². The summed E-state index contributed by atoms with van der Waals surface area (Å²) in [4.78, 5) is 28.2. The van der Waals surface area contributed by atoms with Crippen molar-refractivity contribution in [1.82, 2.24) is 5.32 Å². The van der Waals surface area contributed by atoms with Crippen LogP contribution in [0.3, 0.4) is 0 Å². The van der Waals surface area contributed by atoms with Gasteiger partial charge in [-0.3, -0.25) is 4.79 Å². The maximum atomic E-state index is 11.6. The topological polar surface area (TPSA) is 106 Å². The molecular weight excluding hydrogens is 320 g/mol. The lowest BCUT2D eigenvalue weighted by Gasteiger charge is -2.08. The fourth-order valence-electron chi connectivity index (χ4n) is 2.06. The first-order chi connectivity index (χ1) is 12.1. The van der Waals surface area contributed by atoms with E-state index in [1.54, 1.807) is 24.3 Å². The Hall–Kier alpha value is -3.35. The number of nitrogens with one attached hydrogen (secondary N) is 2. The highest BCUT2D eigenvalue weighted by Crippen LogP contribution is 2.18. The van der Waals surface area contributed by atoms with E-state index in [0.29, 0.717) is 23.7 Å². The molecule has 0 heterocycles. The van der Waals surface area contributed by atoms with Crippen LogP contribution in [0.2, 0.25) is 0 Å². The number of nitrogens with zero attached hydrogens (tertiary/aromatic N) is 1. The standard InChI is InChI=1S/C18H20N4O3/c1-2-20-18(24)21-14-9-6-10-15(11-14)25-22-16(12-17(19)23)13-7-4-3-5-8-13/h3-11H,2,12H2,1H3,(H2,19,23)(H2,20,21,24)/b22-16+. The smallest absolute Gasteiger partial charge is 0.319 e. The van der Waals surface area contributed by atoms with Gasteiger partial charge in [0.05, 0.1) is 12.1 Å². The van der Waals surface area contributed by atoms with Crippen molar-refractivity contribution in [3.63, 3.8) is 0 Å². The first-order valence-electron chi connectivity index (χ1n) is 7.81. The lowest BCUT2D eigenvalue weighted by molar-refractivity contribution is -0.116. The Morgan fingerprint density at radius 2 is 1.88 bits per heavy atom. The molecule has 0 bridgehead atoms. The molecule has 0 saturated carbocycles. The number of benzene rings is 2. The molecule has 7 heteroatoms. The minimum absolute atomic E-state index is 0.0408. The van der Waals surface area contributed by atoms with E-state index in [0.717, 1.165) is 5.56 Å². The van der Waals surface area contributed by atoms with Crippen LogP contribution in [0.25, 0.3) is 0 Å². The number of nitrogens with two attached hydrogens (primary N) is 1. The van der Waals surface area contributed by atoms with Gasteiger partial charge >= 0.3 is 6.03 Å². The van der Waals surface area contributed by atoms with E-state index < -0.39 is 5.91 Å². The van der Waals surface area contributed by atoms with Crippen molar-refractivity contribution < 1.29 is 14.4 Å². The van der Waals surface area contributed by atoms with E-state index >= 15 is 0 Å². The third-order valence-electron chi connectivity index (χ3n) is 3.14. The summed E-state index contributed by atoms with van der Waals surface area (Å²) in [5.74, 6) is -0.0787. The SMILES string of the molecule is CCNC(=O)Nc1cccc(O/N=C(\CC(N)=O)c2ccccc2)c1. The number of rotatable bonds is 7. The molecule has 0 aliphatic heterocycles. The first kappa shape index (κ1) is 18.0. The molecule has 0 aliphatic carbocycles. The number of urea groups is 1. The van der Waals surface area contributed by atoms with Crippen LogP contribution in [0.1, 0.15) is 18.9 Å². The molecule has 0 aromatic heterocycles. The number of hydrogen-bond donors (Lipinski definition) is 3. The van der Waals surface area contributed by atoms with Gasteiger partial charge in [0.1, 0.15) is 0 Å². The Balaban J connectivity index is 2.14. The Labute approximate surface area is 145 Å². The van der Waals surface area contributed by atoms with Crippen LogP contribution >= 0.6 is 0 Å². The van der Waals surface area contributed by atoms with Gasteiger partial charge in [0.25, 0.3) is 0 Å². The van der Waals surface area contributed by atoms with Gasteiger partial charge in [0.15, 0.2) is 5.75 Å². The van der Waals surface area contributed by atoms with Crippen LogP contribution < -0.4 is 21.2 Å². The highest BCUT2D eigenvalue weighted by Gasteiger charge is 2.09. The van der Waals surface area contributed by atoms with Crippen molar-refractivity contribution in [1.29, 1.82) is 0 Å². The molecule has 130 valence electrons. The second-order valence-electron chi connectivity index (χ2n) is 5.15. The fourth-order valence-corrected chi connectivity index (χ4v) is 2.06. The molecule has 0 saturated heterocycles. The number of primary amides is 1. The van der Waals surface area contributed by atoms with Crippen molar-refractivity contribution in [2.75, 3.05) is 11.9 Å².